The van der Waals surface area contributed by atoms with Crippen molar-refractivity contribution in [1.29, 1.82) is 0 Å². The Bertz CT molecular complexity index is 442. The van der Waals surface area contributed by atoms with E-state index < -0.39 is 5.97 Å². The van der Waals surface area contributed by atoms with Gasteiger partial charge in [-0.15, -0.1) is 0 Å². The number of carbonyl (C=O) groups excluding carboxylic acids is 1. The Morgan fingerprint density at radius 1 is 0.952 bits per heavy atom. The zero-order valence-corrected chi connectivity index (χ0v) is 12.2. The van der Waals surface area contributed by atoms with Gasteiger partial charge in [0.1, 0.15) is 0 Å². The number of carboxylic acid groups (broad SMARTS) is 1. The molecule has 116 valence electrons. The lowest BCUT2D eigenvalue weighted by atomic mass is 10.1. The third kappa shape index (κ3) is 7.46. The molecular weight excluding hydrogens is 270 g/mol. The highest BCUT2D eigenvalue weighted by Gasteiger charge is 2.04. The highest BCUT2D eigenvalue weighted by atomic mass is 16.4. The number of rotatable bonds is 10. The number of aliphatic hydroxyl groups is 1. The maximum atomic E-state index is 11.8. The standard InChI is InChI=1S/C16H23NO4/c18-12-13-7-9-14(10-8-13)16(21)17-11-5-3-1-2-4-6-15(19)20/h7-10,18H,1-6,11-12H2,(H,17,21)(H,19,20). The van der Waals surface area contributed by atoms with Gasteiger partial charge in [-0.05, 0) is 30.5 Å². The lowest BCUT2D eigenvalue weighted by molar-refractivity contribution is -0.137. The molecular formula is C16H23NO4. The molecule has 0 fully saturated rings. The summed E-state index contributed by atoms with van der Waals surface area (Å²) in [6.07, 6.45) is 4.76. The van der Waals surface area contributed by atoms with Crippen molar-refractivity contribution in [2.24, 2.45) is 0 Å². The van der Waals surface area contributed by atoms with Crippen molar-refractivity contribution in [2.75, 3.05) is 6.54 Å². The van der Waals surface area contributed by atoms with Crippen LogP contribution in [0.25, 0.3) is 0 Å². The number of aliphatic carboxylic acids is 1. The number of aliphatic hydroxyl groups excluding tert-OH is 1. The van der Waals surface area contributed by atoms with Gasteiger partial charge in [-0.25, -0.2) is 0 Å². The fourth-order valence-electron chi connectivity index (χ4n) is 2.00. The first-order chi connectivity index (χ1) is 10.1. The summed E-state index contributed by atoms with van der Waals surface area (Å²) in [6.45, 7) is 0.600. The molecule has 0 aliphatic rings. The number of amides is 1. The monoisotopic (exact) mass is 293 g/mol. The van der Waals surface area contributed by atoms with Crippen LogP contribution >= 0.6 is 0 Å². The van der Waals surface area contributed by atoms with Gasteiger partial charge in [0.15, 0.2) is 0 Å². The molecule has 1 aromatic carbocycles. The predicted molar refractivity (Wildman–Crippen MR) is 80.0 cm³/mol. The summed E-state index contributed by atoms with van der Waals surface area (Å²) < 4.78 is 0. The van der Waals surface area contributed by atoms with E-state index in [-0.39, 0.29) is 18.9 Å². The summed E-state index contributed by atoms with van der Waals surface area (Å²) in [5.74, 6) is -0.847. The Morgan fingerprint density at radius 3 is 2.19 bits per heavy atom. The molecule has 0 radical (unpaired) electrons. The molecule has 5 nitrogen and oxygen atoms in total. The van der Waals surface area contributed by atoms with E-state index in [9.17, 15) is 9.59 Å². The van der Waals surface area contributed by atoms with Gasteiger partial charge < -0.3 is 15.5 Å². The van der Waals surface area contributed by atoms with Crippen LogP contribution in [-0.2, 0) is 11.4 Å². The molecule has 1 aromatic rings. The van der Waals surface area contributed by atoms with Crippen LogP contribution in [0.2, 0.25) is 0 Å². The van der Waals surface area contributed by atoms with Crippen molar-refractivity contribution in [3.8, 4) is 0 Å². The van der Waals surface area contributed by atoms with E-state index in [4.69, 9.17) is 10.2 Å². The van der Waals surface area contributed by atoms with Gasteiger partial charge >= 0.3 is 5.97 Å². The smallest absolute Gasteiger partial charge is 0.303 e. The molecule has 21 heavy (non-hydrogen) atoms. The van der Waals surface area contributed by atoms with Crippen molar-refractivity contribution in [3.05, 3.63) is 35.4 Å². The van der Waals surface area contributed by atoms with Crippen LogP contribution in [0.4, 0.5) is 0 Å². The molecule has 0 saturated heterocycles. The van der Waals surface area contributed by atoms with Crippen LogP contribution in [0.1, 0.15) is 54.4 Å². The average molecular weight is 293 g/mol. The van der Waals surface area contributed by atoms with Gasteiger partial charge in [-0.2, -0.15) is 0 Å². The minimum absolute atomic E-state index is 0.0240. The average Bonchev–Trinajstić information content (AvgIpc) is 2.49. The molecule has 1 rings (SSSR count). The minimum atomic E-state index is -0.741. The van der Waals surface area contributed by atoms with E-state index in [0.717, 1.165) is 37.7 Å². The van der Waals surface area contributed by atoms with E-state index in [0.29, 0.717) is 12.1 Å². The van der Waals surface area contributed by atoms with Crippen LogP contribution in [0, 0.1) is 0 Å². The molecule has 0 heterocycles. The first-order valence-electron chi connectivity index (χ1n) is 7.33. The SMILES string of the molecule is O=C(O)CCCCCCCNC(=O)c1ccc(CO)cc1. The fraction of sp³-hybridized carbons (Fsp3) is 0.500. The molecule has 0 saturated carbocycles. The summed E-state index contributed by atoms with van der Waals surface area (Å²) in [5, 5.41) is 20.3. The summed E-state index contributed by atoms with van der Waals surface area (Å²) in [4.78, 5) is 22.1. The van der Waals surface area contributed by atoms with Crippen LogP contribution in [0.3, 0.4) is 0 Å². The van der Waals surface area contributed by atoms with Gasteiger partial charge in [0.2, 0.25) is 0 Å². The largest absolute Gasteiger partial charge is 0.481 e. The van der Waals surface area contributed by atoms with Crippen LogP contribution in [-0.4, -0.2) is 28.6 Å². The number of nitrogens with one attached hydrogen (secondary N) is 1. The number of carboxylic acids is 1. The number of hydrogen-bond donors (Lipinski definition) is 3. The maximum Gasteiger partial charge on any atom is 0.303 e. The topological polar surface area (TPSA) is 86.6 Å². The quantitative estimate of drug-likeness (QED) is 0.578. The Morgan fingerprint density at radius 2 is 1.57 bits per heavy atom. The Balaban J connectivity index is 2.09. The van der Waals surface area contributed by atoms with Gasteiger partial charge in [0.05, 0.1) is 6.61 Å². The summed E-state index contributed by atoms with van der Waals surface area (Å²) in [5.41, 5.74) is 1.38. The van der Waals surface area contributed by atoms with Gasteiger partial charge in [-0.3, -0.25) is 9.59 Å². The third-order valence-corrected chi connectivity index (χ3v) is 3.25. The zero-order valence-electron chi connectivity index (χ0n) is 12.2. The lowest BCUT2D eigenvalue weighted by Gasteiger charge is -2.06. The Labute approximate surface area is 125 Å². The molecule has 0 spiro atoms. The van der Waals surface area contributed by atoms with Crippen molar-refractivity contribution >= 4 is 11.9 Å². The lowest BCUT2D eigenvalue weighted by Crippen LogP contribution is -2.24. The second-order valence-corrected chi connectivity index (χ2v) is 5.02. The van der Waals surface area contributed by atoms with Crippen molar-refractivity contribution in [1.82, 2.24) is 5.32 Å². The molecule has 0 atom stereocenters. The Hall–Kier alpha value is -1.88. The molecule has 1 amide bonds. The van der Waals surface area contributed by atoms with E-state index in [2.05, 4.69) is 5.32 Å². The molecule has 0 aliphatic carbocycles. The molecule has 0 aromatic heterocycles. The van der Waals surface area contributed by atoms with Gasteiger partial charge in [0, 0.05) is 18.5 Å². The summed E-state index contributed by atoms with van der Waals surface area (Å²) in [6, 6.07) is 6.87. The van der Waals surface area contributed by atoms with Crippen LogP contribution in [0.5, 0.6) is 0 Å². The van der Waals surface area contributed by atoms with E-state index in [1.54, 1.807) is 24.3 Å². The molecule has 0 bridgehead atoms. The van der Waals surface area contributed by atoms with E-state index in [1.807, 2.05) is 0 Å². The van der Waals surface area contributed by atoms with Crippen LogP contribution < -0.4 is 5.32 Å². The summed E-state index contributed by atoms with van der Waals surface area (Å²) >= 11 is 0. The van der Waals surface area contributed by atoms with Crippen molar-refractivity contribution < 1.29 is 19.8 Å². The van der Waals surface area contributed by atoms with Crippen LogP contribution in [0.15, 0.2) is 24.3 Å². The first-order valence-corrected chi connectivity index (χ1v) is 7.33. The van der Waals surface area contributed by atoms with Gasteiger partial charge in [-0.1, -0.05) is 31.4 Å². The fourth-order valence-corrected chi connectivity index (χ4v) is 2.00. The summed E-state index contributed by atoms with van der Waals surface area (Å²) in [7, 11) is 0. The Kier molecular flexibility index (Phi) is 8.12. The van der Waals surface area contributed by atoms with E-state index in [1.165, 1.54) is 0 Å². The zero-order chi connectivity index (χ0) is 15.5. The van der Waals surface area contributed by atoms with Gasteiger partial charge in [0.25, 0.3) is 5.91 Å². The molecule has 3 N–H and O–H groups in total. The molecule has 0 aliphatic heterocycles. The third-order valence-electron chi connectivity index (χ3n) is 3.25. The second kappa shape index (κ2) is 9.94. The number of benzene rings is 1. The molecule has 0 unspecified atom stereocenters. The number of unbranched alkanes of at least 4 members (excludes halogenated alkanes) is 4. The highest BCUT2D eigenvalue weighted by Crippen LogP contribution is 2.06. The number of carbonyl (C=O) groups is 2. The van der Waals surface area contributed by atoms with Crippen molar-refractivity contribution in [3.63, 3.8) is 0 Å². The maximum absolute atomic E-state index is 11.8. The normalized spacial score (nSPS) is 10.3. The predicted octanol–water partition coefficient (Wildman–Crippen LogP) is 2.33. The number of hydrogen-bond acceptors (Lipinski definition) is 3. The van der Waals surface area contributed by atoms with Crippen molar-refractivity contribution in [2.45, 2.75) is 45.1 Å². The molecule has 5 heteroatoms. The van der Waals surface area contributed by atoms with E-state index >= 15 is 0 Å². The first kappa shape index (κ1) is 17.2. The highest BCUT2D eigenvalue weighted by molar-refractivity contribution is 5.94. The second-order valence-electron chi connectivity index (χ2n) is 5.02. The minimum Gasteiger partial charge on any atom is -0.481 e.